The SMILES string of the molecule is Cc1nccn1Cc1ccc(CC(C)C)cc1Cl. The van der Waals surface area contributed by atoms with E-state index in [0.717, 1.165) is 29.4 Å². The van der Waals surface area contributed by atoms with E-state index < -0.39 is 0 Å². The Labute approximate surface area is 114 Å². The molecule has 0 saturated heterocycles. The molecule has 0 aliphatic heterocycles. The number of hydrogen-bond donors (Lipinski definition) is 0. The zero-order valence-corrected chi connectivity index (χ0v) is 11.9. The van der Waals surface area contributed by atoms with Crippen LogP contribution in [0.4, 0.5) is 0 Å². The van der Waals surface area contributed by atoms with Gasteiger partial charge >= 0.3 is 0 Å². The first-order chi connectivity index (χ1) is 8.56. The molecule has 2 rings (SSSR count). The highest BCUT2D eigenvalue weighted by Gasteiger charge is 2.05. The summed E-state index contributed by atoms with van der Waals surface area (Å²) in [5.74, 6) is 1.67. The monoisotopic (exact) mass is 262 g/mol. The maximum atomic E-state index is 6.35. The van der Waals surface area contributed by atoms with Gasteiger partial charge in [0.25, 0.3) is 0 Å². The van der Waals surface area contributed by atoms with E-state index in [2.05, 4.69) is 41.6 Å². The summed E-state index contributed by atoms with van der Waals surface area (Å²) in [6, 6.07) is 6.39. The molecule has 0 amide bonds. The first-order valence-corrected chi connectivity index (χ1v) is 6.69. The van der Waals surface area contributed by atoms with Gasteiger partial charge in [-0.15, -0.1) is 0 Å². The normalized spacial score (nSPS) is 11.2. The van der Waals surface area contributed by atoms with E-state index in [1.165, 1.54) is 5.56 Å². The summed E-state index contributed by atoms with van der Waals surface area (Å²) in [6.45, 7) is 7.22. The lowest BCUT2D eigenvalue weighted by molar-refractivity contribution is 0.647. The van der Waals surface area contributed by atoms with E-state index in [0.29, 0.717) is 5.92 Å². The van der Waals surface area contributed by atoms with Gasteiger partial charge in [-0.25, -0.2) is 4.98 Å². The summed E-state index contributed by atoms with van der Waals surface area (Å²) in [7, 11) is 0. The molecule has 96 valence electrons. The van der Waals surface area contributed by atoms with E-state index in [4.69, 9.17) is 11.6 Å². The van der Waals surface area contributed by atoms with Crippen LogP contribution in [0.15, 0.2) is 30.6 Å². The van der Waals surface area contributed by atoms with Crippen LogP contribution in [0, 0.1) is 12.8 Å². The van der Waals surface area contributed by atoms with Crippen LogP contribution in [0.2, 0.25) is 5.02 Å². The Morgan fingerprint density at radius 1 is 1.33 bits per heavy atom. The lowest BCUT2D eigenvalue weighted by Crippen LogP contribution is -2.02. The number of rotatable bonds is 4. The van der Waals surface area contributed by atoms with Gasteiger partial charge < -0.3 is 4.57 Å². The molecule has 1 heterocycles. The predicted octanol–water partition coefficient (Wildman–Crippen LogP) is 4.09. The summed E-state index contributed by atoms with van der Waals surface area (Å²) >= 11 is 6.35. The minimum Gasteiger partial charge on any atom is -0.331 e. The van der Waals surface area contributed by atoms with Crippen LogP contribution < -0.4 is 0 Å². The van der Waals surface area contributed by atoms with Gasteiger partial charge in [-0.05, 0) is 36.5 Å². The average molecular weight is 263 g/mol. The van der Waals surface area contributed by atoms with Crippen LogP contribution in [0.25, 0.3) is 0 Å². The van der Waals surface area contributed by atoms with Crippen molar-refractivity contribution in [2.45, 2.75) is 33.7 Å². The van der Waals surface area contributed by atoms with E-state index in [1.807, 2.05) is 19.3 Å². The van der Waals surface area contributed by atoms with Crippen molar-refractivity contribution >= 4 is 11.6 Å². The van der Waals surface area contributed by atoms with Gasteiger partial charge in [0.15, 0.2) is 0 Å². The molecule has 1 aromatic heterocycles. The lowest BCUT2D eigenvalue weighted by atomic mass is 10.0. The highest BCUT2D eigenvalue weighted by molar-refractivity contribution is 6.31. The summed E-state index contributed by atoms with van der Waals surface area (Å²) in [5.41, 5.74) is 2.45. The fourth-order valence-electron chi connectivity index (χ4n) is 2.07. The molecule has 1 aromatic carbocycles. The van der Waals surface area contributed by atoms with Crippen molar-refractivity contribution in [2.75, 3.05) is 0 Å². The topological polar surface area (TPSA) is 17.8 Å². The largest absolute Gasteiger partial charge is 0.331 e. The number of aryl methyl sites for hydroxylation is 1. The fraction of sp³-hybridized carbons (Fsp3) is 0.400. The van der Waals surface area contributed by atoms with Gasteiger partial charge in [-0.1, -0.05) is 37.6 Å². The highest BCUT2D eigenvalue weighted by Crippen LogP contribution is 2.21. The third-order valence-corrected chi connectivity index (χ3v) is 3.38. The Bertz CT molecular complexity index is 529. The fourth-order valence-corrected chi connectivity index (χ4v) is 2.33. The summed E-state index contributed by atoms with van der Waals surface area (Å²) in [5, 5.41) is 0.848. The van der Waals surface area contributed by atoms with Crippen molar-refractivity contribution in [3.05, 3.63) is 52.6 Å². The quantitative estimate of drug-likeness (QED) is 0.811. The predicted molar refractivity (Wildman–Crippen MR) is 76.1 cm³/mol. The van der Waals surface area contributed by atoms with Crippen LogP contribution in [0.5, 0.6) is 0 Å². The van der Waals surface area contributed by atoms with Crippen LogP contribution in [-0.2, 0) is 13.0 Å². The Kier molecular flexibility index (Phi) is 4.07. The summed E-state index contributed by atoms with van der Waals surface area (Å²) in [6.07, 6.45) is 4.87. The van der Waals surface area contributed by atoms with E-state index in [-0.39, 0.29) is 0 Å². The van der Waals surface area contributed by atoms with Gasteiger partial charge in [0.1, 0.15) is 5.82 Å². The molecule has 0 aliphatic rings. The molecule has 0 saturated carbocycles. The number of imidazole rings is 1. The highest BCUT2D eigenvalue weighted by atomic mass is 35.5. The third kappa shape index (κ3) is 3.14. The maximum Gasteiger partial charge on any atom is 0.105 e. The second-order valence-electron chi connectivity index (χ2n) is 5.13. The molecule has 0 fully saturated rings. The molecule has 0 atom stereocenters. The van der Waals surface area contributed by atoms with Gasteiger partial charge in [0.2, 0.25) is 0 Å². The molecule has 0 spiro atoms. The van der Waals surface area contributed by atoms with Crippen molar-refractivity contribution < 1.29 is 0 Å². The first kappa shape index (κ1) is 13.2. The second kappa shape index (κ2) is 5.57. The number of benzene rings is 1. The molecule has 0 bridgehead atoms. The lowest BCUT2D eigenvalue weighted by Gasteiger charge is -2.10. The Morgan fingerprint density at radius 2 is 2.11 bits per heavy atom. The standard InChI is InChI=1S/C15H19ClN2/c1-11(2)8-13-4-5-14(15(16)9-13)10-18-7-6-17-12(18)3/h4-7,9,11H,8,10H2,1-3H3. The van der Waals surface area contributed by atoms with Crippen molar-refractivity contribution in [1.82, 2.24) is 9.55 Å². The molecule has 0 radical (unpaired) electrons. The number of nitrogens with zero attached hydrogens (tertiary/aromatic N) is 2. The second-order valence-corrected chi connectivity index (χ2v) is 5.53. The Morgan fingerprint density at radius 3 is 2.67 bits per heavy atom. The molecule has 2 nitrogen and oxygen atoms in total. The number of halogens is 1. The average Bonchev–Trinajstić information content (AvgIpc) is 2.67. The van der Waals surface area contributed by atoms with Gasteiger partial charge in [0, 0.05) is 17.4 Å². The van der Waals surface area contributed by atoms with Gasteiger partial charge in [-0.2, -0.15) is 0 Å². The Hall–Kier alpha value is -1.28. The zero-order chi connectivity index (χ0) is 13.1. The molecule has 18 heavy (non-hydrogen) atoms. The molecule has 0 N–H and O–H groups in total. The van der Waals surface area contributed by atoms with Gasteiger partial charge in [-0.3, -0.25) is 0 Å². The van der Waals surface area contributed by atoms with Crippen molar-refractivity contribution in [3.8, 4) is 0 Å². The minimum absolute atomic E-state index is 0.655. The maximum absolute atomic E-state index is 6.35. The number of hydrogen-bond acceptors (Lipinski definition) is 1. The van der Waals surface area contributed by atoms with Crippen molar-refractivity contribution in [1.29, 1.82) is 0 Å². The van der Waals surface area contributed by atoms with Crippen LogP contribution in [-0.4, -0.2) is 9.55 Å². The van der Waals surface area contributed by atoms with Crippen molar-refractivity contribution in [3.63, 3.8) is 0 Å². The summed E-state index contributed by atoms with van der Waals surface area (Å²) in [4.78, 5) is 4.22. The summed E-state index contributed by atoms with van der Waals surface area (Å²) < 4.78 is 2.10. The van der Waals surface area contributed by atoms with Crippen LogP contribution >= 0.6 is 11.6 Å². The van der Waals surface area contributed by atoms with E-state index >= 15 is 0 Å². The minimum atomic E-state index is 0.655. The third-order valence-electron chi connectivity index (χ3n) is 3.03. The van der Waals surface area contributed by atoms with Gasteiger partial charge in [0.05, 0.1) is 6.54 Å². The first-order valence-electron chi connectivity index (χ1n) is 6.31. The van der Waals surface area contributed by atoms with Crippen LogP contribution in [0.1, 0.15) is 30.8 Å². The molecule has 3 heteroatoms. The zero-order valence-electron chi connectivity index (χ0n) is 11.2. The molecular formula is C15H19ClN2. The molecule has 2 aromatic rings. The molecular weight excluding hydrogens is 244 g/mol. The number of aromatic nitrogens is 2. The van der Waals surface area contributed by atoms with E-state index in [9.17, 15) is 0 Å². The molecule has 0 aliphatic carbocycles. The van der Waals surface area contributed by atoms with Crippen molar-refractivity contribution in [2.24, 2.45) is 5.92 Å². The molecule has 0 unspecified atom stereocenters. The van der Waals surface area contributed by atoms with Crippen LogP contribution in [0.3, 0.4) is 0 Å². The smallest absolute Gasteiger partial charge is 0.105 e. The van der Waals surface area contributed by atoms with E-state index in [1.54, 1.807) is 0 Å². The Balaban J connectivity index is 2.17.